The van der Waals surface area contributed by atoms with Crippen LogP contribution in [0, 0.1) is 0 Å². The van der Waals surface area contributed by atoms with Gasteiger partial charge in [-0.1, -0.05) is 37.0 Å². The van der Waals surface area contributed by atoms with Crippen LogP contribution in [0.4, 0.5) is 5.95 Å². The molecule has 0 N–H and O–H groups in total. The fourth-order valence-electron chi connectivity index (χ4n) is 2.03. The number of hydrogen-bond acceptors (Lipinski definition) is 4. The minimum absolute atomic E-state index is 0.228. The Labute approximate surface area is 118 Å². The van der Waals surface area contributed by atoms with E-state index in [4.69, 9.17) is 23.2 Å². The van der Waals surface area contributed by atoms with E-state index in [1.54, 1.807) is 0 Å². The van der Waals surface area contributed by atoms with Crippen molar-refractivity contribution in [2.45, 2.75) is 19.8 Å². The second-order valence-electron chi connectivity index (χ2n) is 4.96. The van der Waals surface area contributed by atoms with Gasteiger partial charge >= 0.3 is 0 Å². The molecule has 2 rings (SSSR count). The zero-order chi connectivity index (χ0) is 13.3. The predicted octanol–water partition coefficient (Wildman–Crippen LogP) is 2.66. The van der Waals surface area contributed by atoms with Gasteiger partial charge in [-0.3, -0.25) is 0 Å². The first-order chi connectivity index (χ1) is 8.49. The van der Waals surface area contributed by atoms with Gasteiger partial charge in [-0.05, 0) is 13.0 Å². The van der Waals surface area contributed by atoms with Gasteiger partial charge < -0.3 is 9.80 Å². The Kier molecular flexibility index (Phi) is 4.30. The van der Waals surface area contributed by atoms with Gasteiger partial charge in [-0.15, -0.1) is 0 Å². The van der Waals surface area contributed by atoms with Crippen LogP contribution in [0.15, 0.2) is 0 Å². The summed E-state index contributed by atoms with van der Waals surface area (Å²) in [5, 5.41) is 0.942. The monoisotopic (exact) mass is 288 g/mol. The summed E-state index contributed by atoms with van der Waals surface area (Å²) in [6, 6.07) is 0. The molecule has 0 aliphatic carbocycles. The second kappa shape index (κ2) is 5.59. The summed E-state index contributed by atoms with van der Waals surface area (Å²) in [6.07, 6.45) is 0. The van der Waals surface area contributed by atoms with E-state index in [2.05, 4.69) is 26.8 Å². The number of hydrogen-bond donors (Lipinski definition) is 0. The Balaban J connectivity index is 2.25. The lowest BCUT2D eigenvalue weighted by molar-refractivity contribution is 0.311. The molecule has 1 aromatic rings. The van der Waals surface area contributed by atoms with Crippen molar-refractivity contribution < 1.29 is 0 Å². The lowest BCUT2D eigenvalue weighted by atomic mass is 10.1. The predicted molar refractivity (Wildman–Crippen MR) is 75.9 cm³/mol. The molecule has 100 valence electrons. The molecule has 0 bridgehead atoms. The van der Waals surface area contributed by atoms with E-state index in [-0.39, 0.29) is 5.92 Å². The molecular formula is C12H18Cl2N4. The van der Waals surface area contributed by atoms with Crippen molar-refractivity contribution in [3.63, 3.8) is 0 Å². The first-order valence-electron chi connectivity index (χ1n) is 6.15. The highest BCUT2D eigenvalue weighted by Crippen LogP contribution is 2.30. The molecule has 0 amide bonds. The Hall–Kier alpha value is -0.580. The van der Waals surface area contributed by atoms with Crippen LogP contribution >= 0.6 is 23.2 Å². The molecule has 0 spiro atoms. The average molecular weight is 289 g/mol. The number of likely N-dealkylation sites (N-methyl/N-ethyl adjacent to an activating group) is 1. The van der Waals surface area contributed by atoms with E-state index >= 15 is 0 Å². The number of halogens is 2. The van der Waals surface area contributed by atoms with Gasteiger partial charge in [0.25, 0.3) is 0 Å². The third kappa shape index (κ3) is 2.87. The van der Waals surface area contributed by atoms with Crippen LogP contribution in [0.2, 0.25) is 10.3 Å². The van der Waals surface area contributed by atoms with E-state index < -0.39 is 0 Å². The van der Waals surface area contributed by atoms with Crippen molar-refractivity contribution in [3.05, 3.63) is 15.9 Å². The first kappa shape index (κ1) is 13.8. The van der Waals surface area contributed by atoms with Gasteiger partial charge in [0.1, 0.15) is 10.3 Å². The molecule has 1 saturated heterocycles. The summed E-state index contributed by atoms with van der Waals surface area (Å²) in [6.45, 7) is 7.89. The van der Waals surface area contributed by atoms with Gasteiger partial charge in [0.15, 0.2) is 0 Å². The maximum atomic E-state index is 6.20. The summed E-state index contributed by atoms with van der Waals surface area (Å²) in [5.41, 5.74) is 0.830. The summed E-state index contributed by atoms with van der Waals surface area (Å²) in [5.74, 6) is 0.869. The van der Waals surface area contributed by atoms with Crippen LogP contribution in [0.3, 0.4) is 0 Å². The van der Waals surface area contributed by atoms with E-state index in [9.17, 15) is 0 Å². The highest BCUT2D eigenvalue weighted by molar-refractivity contribution is 6.34. The average Bonchev–Trinajstić information content (AvgIpc) is 2.28. The Morgan fingerprint density at radius 1 is 1.00 bits per heavy atom. The van der Waals surface area contributed by atoms with Crippen LogP contribution in [-0.2, 0) is 0 Å². The van der Waals surface area contributed by atoms with Crippen molar-refractivity contribution in [2.24, 2.45) is 0 Å². The van der Waals surface area contributed by atoms with Gasteiger partial charge in [-0.2, -0.15) is 0 Å². The molecule has 2 heterocycles. The van der Waals surface area contributed by atoms with Crippen molar-refractivity contribution in [1.82, 2.24) is 14.9 Å². The third-order valence-electron chi connectivity index (χ3n) is 3.20. The van der Waals surface area contributed by atoms with Crippen LogP contribution < -0.4 is 4.90 Å². The quantitative estimate of drug-likeness (QED) is 0.784. The largest absolute Gasteiger partial charge is 0.338 e. The fourth-order valence-corrected chi connectivity index (χ4v) is 2.85. The van der Waals surface area contributed by atoms with Crippen molar-refractivity contribution >= 4 is 29.2 Å². The second-order valence-corrected chi connectivity index (χ2v) is 5.68. The molecule has 1 aliphatic rings. The third-order valence-corrected chi connectivity index (χ3v) is 3.78. The highest BCUT2D eigenvalue weighted by Gasteiger charge is 2.20. The van der Waals surface area contributed by atoms with Crippen LogP contribution in [0.1, 0.15) is 25.3 Å². The smallest absolute Gasteiger partial charge is 0.228 e. The highest BCUT2D eigenvalue weighted by atomic mass is 35.5. The van der Waals surface area contributed by atoms with Gasteiger partial charge in [0.05, 0.1) is 0 Å². The van der Waals surface area contributed by atoms with Crippen LogP contribution in [0.25, 0.3) is 0 Å². The molecular weight excluding hydrogens is 271 g/mol. The summed E-state index contributed by atoms with van der Waals surface area (Å²) in [7, 11) is 2.11. The summed E-state index contributed by atoms with van der Waals surface area (Å²) < 4.78 is 0. The van der Waals surface area contributed by atoms with Crippen LogP contribution in [0.5, 0.6) is 0 Å². The number of anilines is 1. The van der Waals surface area contributed by atoms with Gasteiger partial charge in [0.2, 0.25) is 5.95 Å². The maximum Gasteiger partial charge on any atom is 0.228 e. The standard InChI is InChI=1S/C12H18Cl2N4/c1-8(2)9-10(13)15-12(16-11(9)14)18-6-4-17(3)5-7-18/h8H,4-7H2,1-3H3. The number of aromatic nitrogens is 2. The minimum Gasteiger partial charge on any atom is -0.338 e. The fraction of sp³-hybridized carbons (Fsp3) is 0.667. The van der Waals surface area contributed by atoms with Crippen molar-refractivity contribution in [2.75, 3.05) is 38.1 Å². The van der Waals surface area contributed by atoms with Crippen LogP contribution in [-0.4, -0.2) is 48.1 Å². The summed E-state index contributed by atoms with van der Waals surface area (Å²) >= 11 is 12.4. The molecule has 6 heteroatoms. The number of rotatable bonds is 2. The number of piperazine rings is 1. The van der Waals surface area contributed by atoms with Crippen molar-refractivity contribution in [3.8, 4) is 0 Å². The van der Waals surface area contributed by atoms with Gasteiger partial charge in [-0.25, -0.2) is 9.97 Å². The van der Waals surface area contributed by atoms with Crippen molar-refractivity contribution in [1.29, 1.82) is 0 Å². The molecule has 1 aliphatic heterocycles. The Morgan fingerprint density at radius 3 is 1.94 bits per heavy atom. The minimum atomic E-state index is 0.228. The molecule has 0 radical (unpaired) electrons. The molecule has 0 atom stereocenters. The molecule has 0 unspecified atom stereocenters. The molecule has 0 aromatic carbocycles. The SMILES string of the molecule is CC(C)c1c(Cl)nc(N2CCN(C)CC2)nc1Cl. The van der Waals surface area contributed by atoms with E-state index in [1.807, 2.05) is 13.8 Å². The molecule has 18 heavy (non-hydrogen) atoms. The Morgan fingerprint density at radius 2 is 1.50 bits per heavy atom. The van der Waals surface area contributed by atoms with Gasteiger partial charge in [0, 0.05) is 31.7 Å². The normalized spacial score (nSPS) is 17.6. The zero-order valence-electron chi connectivity index (χ0n) is 11.0. The van der Waals surface area contributed by atoms with E-state index in [0.29, 0.717) is 16.3 Å². The molecule has 1 aromatic heterocycles. The molecule has 0 saturated carbocycles. The van der Waals surface area contributed by atoms with E-state index in [1.165, 1.54) is 0 Å². The molecule has 1 fully saturated rings. The molecule has 4 nitrogen and oxygen atoms in total. The lowest BCUT2D eigenvalue weighted by Gasteiger charge is -2.32. The lowest BCUT2D eigenvalue weighted by Crippen LogP contribution is -2.45. The Bertz CT molecular complexity index is 405. The van der Waals surface area contributed by atoms with E-state index in [0.717, 1.165) is 31.7 Å². The topological polar surface area (TPSA) is 32.3 Å². The maximum absolute atomic E-state index is 6.20. The first-order valence-corrected chi connectivity index (χ1v) is 6.91. The summed E-state index contributed by atoms with van der Waals surface area (Å²) in [4.78, 5) is 13.2. The number of nitrogens with zero attached hydrogens (tertiary/aromatic N) is 4. The zero-order valence-corrected chi connectivity index (χ0v) is 12.5.